The van der Waals surface area contributed by atoms with Gasteiger partial charge in [-0.1, -0.05) is 15.9 Å². The highest BCUT2D eigenvalue weighted by molar-refractivity contribution is 9.10. The summed E-state index contributed by atoms with van der Waals surface area (Å²) < 4.78 is 16.7. The third kappa shape index (κ3) is 2.57. The number of hydrogen-bond donors (Lipinski definition) is 0. The molecule has 1 aromatic heterocycles. The van der Waals surface area contributed by atoms with Crippen LogP contribution >= 0.6 is 31.9 Å². The number of ether oxygens (including phenoxy) is 2. The van der Waals surface area contributed by atoms with Gasteiger partial charge in [-0.2, -0.15) is 0 Å². The number of alkyl halides is 1. The Morgan fingerprint density at radius 3 is 2.44 bits per heavy atom. The molecule has 0 aliphatic rings. The van der Waals surface area contributed by atoms with Crippen molar-refractivity contribution in [1.29, 1.82) is 0 Å². The quantitative estimate of drug-likeness (QED) is 0.735. The summed E-state index contributed by atoms with van der Waals surface area (Å²) in [5.41, 5.74) is 2.01. The molecule has 0 saturated heterocycles. The van der Waals surface area contributed by atoms with Crippen molar-refractivity contribution < 1.29 is 13.9 Å². The lowest BCUT2D eigenvalue weighted by molar-refractivity contribution is 0.397. The topological polar surface area (TPSA) is 31.6 Å². The Kier molecular flexibility index (Phi) is 4.35. The van der Waals surface area contributed by atoms with Crippen LogP contribution in [0.2, 0.25) is 0 Å². The van der Waals surface area contributed by atoms with Crippen molar-refractivity contribution in [2.45, 2.75) is 4.83 Å². The fourth-order valence-corrected chi connectivity index (χ4v) is 2.78. The molecule has 1 heterocycles. The van der Waals surface area contributed by atoms with Gasteiger partial charge in [0.15, 0.2) is 0 Å². The van der Waals surface area contributed by atoms with E-state index in [1.807, 2.05) is 18.2 Å². The lowest BCUT2D eigenvalue weighted by Crippen LogP contribution is -1.98. The number of hydrogen-bond acceptors (Lipinski definition) is 3. The summed E-state index contributed by atoms with van der Waals surface area (Å²) >= 11 is 7.08. The van der Waals surface area contributed by atoms with Gasteiger partial charge in [0.25, 0.3) is 0 Å². The predicted octanol–water partition coefficient (Wildman–Crippen LogP) is 4.54. The molecule has 1 atom stereocenters. The van der Waals surface area contributed by atoms with E-state index in [-0.39, 0.29) is 4.83 Å². The van der Waals surface area contributed by atoms with Gasteiger partial charge in [0.05, 0.1) is 36.0 Å². The van der Waals surface area contributed by atoms with E-state index in [4.69, 9.17) is 13.9 Å². The molecule has 0 saturated carbocycles. The van der Waals surface area contributed by atoms with E-state index in [0.717, 1.165) is 27.1 Å². The Labute approximate surface area is 122 Å². The lowest BCUT2D eigenvalue weighted by Gasteiger charge is -2.15. The van der Waals surface area contributed by atoms with Crippen LogP contribution in [0.3, 0.4) is 0 Å². The summed E-state index contributed by atoms with van der Waals surface area (Å²) in [6.07, 6.45) is 3.35. The maximum absolute atomic E-state index is 5.40. The second kappa shape index (κ2) is 5.80. The fourth-order valence-electron chi connectivity index (χ4n) is 1.68. The Hall–Kier alpha value is -0.940. The summed E-state index contributed by atoms with van der Waals surface area (Å²) in [4.78, 5) is -0.00630. The minimum atomic E-state index is -0.00630. The zero-order valence-corrected chi connectivity index (χ0v) is 13.1. The average Bonchev–Trinajstić information content (AvgIpc) is 2.91. The van der Waals surface area contributed by atoms with E-state index in [2.05, 4.69) is 31.9 Å². The zero-order chi connectivity index (χ0) is 13.1. The largest absolute Gasteiger partial charge is 0.496 e. The molecule has 0 radical (unpaired) electrons. The van der Waals surface area contributed by atoms with Crippen LogP contribution in [0.1, 0.15) is 16.0 Å². The normalized spacial score (nSPS) is 12.2. The van der Waals surface area contributed by atoms with E-state index in [1.54, 1.807) is 26.7 Å². The Balaban J connectivity index is 2.48. The van der Waals surface area contributed by atoms with Crippen molar-refractivity contribution in [2.24, 2.45) is 0 Å². The van der Waals surface area contributed by atoms with E-state index < -0.39 is 0 Å². The van der Waals surface area contributed by atoms with Crippen LogP contribution in [-0.2, 0) is 0 Å². The summed E-state index contributed by atoms with van der Waals surface area (Å²) in [5.74, 6) is 1.55. The molecule has 0 spiro atoms. The molecule has 0 N–H and O–H groups in total. The summed E-state index contributed by atoms with van der Waals surface area (Å²) in [6, 6.07) is 5.74. The second-order valence-electron chi connectivity index (χ2n) is 3.65. The standard InChI is InChI=1S/C13H12Br2O3/c1-16-11-6-10(14)12(17-2)5-9(11)13(15)8-3-4-18-7-8/h3-7,13H,1-2H3. The molecule has 0 bridgehead atoms. The molecule has 5 heteroatoms. The zero-order valence-electron chi connectivity index (χ0n) is 9.94. The summed E-state index contributed by atoms with van der Waals surface area (Å²) in [6.45, 7) is 0. The SMILES string of the molecule is COc1cc(C(Br)c2ccoc2)c(OC)cc1Br. The maximum atomic E-state index is 5.40. The van der Waals surface area contributed by atoms with Gasteiger partial charge >= 0.3 is 0 Å². The monoisotopic (exact) mass is 374 g/mol. The Morgan fingerprint density at radius 1 is 1.17 bits per heavy atom. The molecule has 0 aliphatic carbocycles. The van der Waals surface area contributed by atoms with Crippen molar-refractivity contribution in [3.05, 3.63) is 46.3 Å². The van der Waals surface area contributed by atoms with Crippen molar-refractivity contribution in [3.8, 4) is 11.5 Å². The first kappa shape index (κ1) is 13.5. The Bertz CT molecular complexity index is 523. The van der Waals surface area contributed by atoms with E-state index in [0.29, 0.717) is 0 Å². The van der Waals surface area contributed by atoms with Crippen LogP contribution in [0.5, 0.6) is 11.5 Å². The van der Waals surface area contributed by atoms with Gasteiger partial charge in [0.2, 0.25) is 0 Å². The third-order valence-electron chi connectivity index (χ3n) is 2.61. The molecule has 3 nitrogen and oxygen atoms in total. The Morgan fingerprint density at radius 2 is 1.89 bits per heavy atom. The number of methoxy groups -OCH3 is 2. The van der Waals surface area contributed by atoms with Gasteiger partial charge in [-0.25, -0.2) is 0 Å². The molecular weight excluding hydrogens is 364 g/mol. The first-order valence-electron chi connectivity index (χ1n) is 5.25. The van der Waals surface area contributed by atoms with Crippen LogP contribution in [0.4, 0.5) is 0 Å². The molecule has 1 aromatic carbocycles. The smallest absolute Gasteiger partial charge is 0.133 e. The summed E-state index contributed by atoms with van der Waals surface area (Å²) in [5, 5.41) is 0. The molecule has 1 unspecified atom stereocenters. The van der Waals surface area contributed by atoms with Crippen LogP contribution in [-0.4, -0.2) is 14.2 Å². The first-order valence-corrected chi connectivity index (χ1v) is 6.95. The molecule has 96 valence electrons. The fraction of sp³-hybridized carbons (Fsp3) is 0.231. The van der Waals surface area contributed by atoms with Crippen LogP contribution in [0, 0.1) is 0 Å². The number of furan rings is 1. The van der Waals surface area contributed by atoms with E-state index >= 15 is 0 Å². The number of benzene rings is 1. The molecule has 2 aromatic rings. The lowest BCUT2D eigenvalue weighted by atomic mass is 10.1. The van der Waals surface area contributed by atoms with Crippen molar-refractivity contribution >= 4 is 31.9 Å². The van der Waals surface area contributed by atoms with Gasteiger partial charge in [-0.05, 0) is 34.1 Å². The minimum Gasteiger partial charge on any atom is -0.496 e. The minimum absolute atomic E-state index is 0.00630. The summed E-state index contributed by atoms with van der Waals surface area (Å²) in [7, 11) is 3.28. The third-order valence-corrected chi connectivity index (χ3v) is 4.25. The van der Waals surface area contributed by atoms with E-state index in [9.17, 15) is 0 Å². The highest BCUT2D eigenvalue weighted by atomic mass is 79.9. The average molecular weight is 376 g/mol. The van der Waals surface area contributed by atoms with Gasteiger partial charge in [0.1, 0.15) is 11.5 Å². The van der Waals surface area contributed by atoms with Crippen molar-refractivity contribution in [2.75, 3.05) is 14.2 Å². The molecule has 18 heavy (non-hydrogen) atoms. The first-order chi connectivity index (χ1) is 8.67. The van der Waals surface area contributed by atoms with E-state index in [1.165, 1.54) is 0 Å². The van der Waals surface area contributed by atoms with Crippen LogP contribution in [0.15, 0.2) is 39.6 Å². The number of halogens is 2. The molecule has 0 amide bonds. The second-order valence-corrected chi connectivity index (χ2v) is 5.42. The highest BCUT2D eigenvalue weighted by Crippen LogP contribution is 2.41. The van der Waals surface area contributed by atoms with Crippen LogP contribution < -0.4 is 9.47 Å². The molecule has 0 aliphatic heterocycles. The van der Waals surface area contributed by atoms with Crippen molar-refractivity contribution in [1.82, 2.24) is 0 Å². The van der Waals surface area contributed by atoms with Gasteiger partial charge < -0.3 is 13.9 Å². The maximum Gasteiger partial charge on any atom is 0.133 e. The predicted molar refractivity (Wildman–Crippen MR) is 76.7 cm³/mol. The molecular formula is C13H12Br2O3. The van der Waals surface area contributed by atoms with Gasteiger partial charge in [0, 0.05) is 11.1 Å². The molecule has 2 rings (SSSR count). The number of rotatable bonds is 4. The van der Waals surface area contributed by atoms with Gasteiger partial charge in [-0.3, -0.25) is 0 Å². The molecule has 0 fully saturated rings. The van der Waals surface area contributed by atoms with Crippen molar-refractivity contribution in [3.63, 3.8) is 0 Å². The highest BCUT2D eigenvalue weighted by Gasteiger charge is 2.19. The van der Waals surface area contributed by atoms with Crippen LogP contribution in [0.25, 0.3) is 0 Å². The van der Waals surface area contributed by atoms with Gasteiger partial charge in [-0.15, -0.1) is 0 Å².